The predicted molar refractivity (Wildman–Crippen MR) is 87.0 cm³/mol. The number of para-hydroxylation sites is 1. The maximum absolute atomic E-state index is 12.3. The number of nitrogens with one attached hydrogen (secondary N) is 1. The van der Waals surface area contributed by atoms with E-state index in [1.807, 2.05) is 41.3 Å². The second-order valence-electron chi connectivity index (χ2n) is 5.88. The van der Waals surface area contributed by atoms with Gasteiger partial charge in [0, 0.05) is 24.6 Å². The summed E-state index contributed by atoms with van der Waals surface area (Å²) in [6.07, 6.45) is 0.508. The molecule has 0 bridgehead atoms. The minimum absolute atomic E-state index is 0.125. The molecule has 2 aromatic carbocycles. The molecular formula is C18H17N3O. The van der Waals surface area contributed by atoms with Crippen molar-refractivity contribution >= 4 is 22.6 Å². The zero-order valence-electron chi connectivity index (χ0n) is 12.4. The number of nitrogens with zero attached hydrogens (tertiary/aromatic N) is 2. The summed E-state index contributed by atoms with van der Waals surface area (Å²) in [7, 11) is 0. The van der Waals surface area contributed by atoms with Crippen molar-refractivity contribution in [2.75, 3.05) is 11.4 Å². The molecule has 110 valence electrons. The molecule has 1 fully saturated rings. The molecule has 1 aliphatic heterocycles. The van der Waals surface area contributed by atoms with E-state index in [2.05, 4.69) is 29.0 Å². The molecule has 1 atom stereocenters. The van der Waals surface area contributed by atoms with Crippen LogP contribution in [0.3, 0.4) is 0 Å². The molecule has 4 nitrogen and oxygen atoms in total. The second kappa shape index (κ2) is 4.98. The van der Waals surface area contributed by atoms with Crippen molar-refractivity contribution in [2.45, 2.75) is 19.3 Å². The smallest absolute Gasteiger partial charge is 0.227 e. The van der Waals surface area contributed by atoms with Crippen LogP contribution in [0.5, 0.6) is 0 Å². The van der Waals surface area contributed by atoms with Gasteiger partial charge in [-0.2, -0.15) is 0 Å². The molecule has 4 heteroatoms. The minimum atomic E-state index is 0.125. The van der Waals surface area contributed by atoms with Crippen LogP contribution in [0.1, 0.15) is 23.7 Å². The van der Waals surface area contributed by atoms with Crippen molar-refractivity contribution < 1.29 is 4.79 Å². The van der Waals surface area contributed by atoms with Crippen LogP contribution in [0.15, 0.2) is 48.5 Å². The number of fused-ring (bicyclic) bond motifs is 1. The number of aromatic nitrogens is 2. The van der Waals surface area contributed by atoms with E-state index >= 15 is 0 Å². The number of amides is 1. The Labute approximate surface area is 128 Å². The summed E-state index contributed by atoms with van der Waals surface area (Å²) >= 11 is 0. The summed E-state index contributed by atoms with van der Waals surface area (Å²) in [5, 5.41) is 0. The number of carbonyl (C=O) groups is 1. The number of imidazole rings is 1. The summed E-state index contributed by atoms with van der Waals surface area (Å²) < 4.78 is 0. The van der Waals surface area contributed by atoms with Crippen LogP contribution in [0.2, 0.25) is 0 Å². The van der Waals surface area contributed by atoms with E-state index < -0.39 is 0 Å². The van der Waals surface area contributed by atoms with Crippen LogP contribution in [0.4, 0.5) is 5.69 Å². The molecule has 22 heavy (non-hydrogen) atoms. The average molecular weight is 291 g/mol. The van der Waals surface area contributed by atoms with E-state index in [-0.39, 0.29) is 11.8 Å². The van der Waals surface area contributed by atoms with Crippen LogP contribution in [0.25, 0.3) is 11.0 Å². The Morgan fingerprint density at radius 1 is 1.18 bits per heavy atom. The summed E-state index contributed by atoms with van der Waals surface area (Å²) in [4.78, 5) is 22.2. The summed E-state index contributed by atoms with van der Waals surface area (Å²) in [6, 6.07) is 16.0. The summed E-state index contributed by atoms with van der Waals surface area (Å²) in [5.41, 5.74) is 4.17. The maximum Gasteiger partial charge on any atom is 0.227 e. The second-order valence-corrected chi connectivity index (χ2v) is 5.88. The fourth-order valence-electron chi connectivity index (χ4n) is 3.08. The van der Waals surface area contributed by atoms with Gasteiger partial charge in [0.2, 0.25) is 5.91 Å². The van der Waals surface area contributed by atoms with Crippen molar-refractivity contribution in [2.24, 2.45) is 0 Å². The molecular weight excluding hydrogens is 274 g/mol. The highest BCUT2D eigenvalue weighted by Crippen LogP contribution is 2.31. The number of hydrogen-bond donors (Lipinski definition) is 1. The van der Waals surface area contributed by atoms with E-state index in [1.54, 1.807) is 0 Å². The van der Waals surface area contributed by atoms with Gasteiger partial charge in [0.25, 0.3) is 0 Å². The third-order valence-electron chi connectivity index (χ3n) is 4.24. The first-order valence-electron chi connectivity index (χ1n) is 7.52. The number of H-pyrrole nitrogens is 1. The highest BCUT2D eigenvalue weighted by atomic mass is 16.2. The lowest BCUT2D eigenvalue weighted by atomic mass is 10.1. The van der Waals surface area contributed by atoms with Gasteiger partial charge in [-0.3, -0.25) is 4.79 Å². The number of anilines is 1. The van der Waals surface area contributed by atoms with Gasteiger partial charge in [0.1, 0.15) is 5.82 Å². The van der Waals surface area contributed by atoms with Crippen molar-refractivity contribution in [3.8, 4) is 0 Å². The number of benzene rings is 2. The Bertz CT molecular complexity index is 838. The van der Waals surface area contributed by atoms with Crippen molar-refractivity contribution in [1.82, 2.24) is 9.97 Å². The zero-order valence-corrected chi connectivity index (χ0v) is 12.4. The van der Waals surface area contributed by atoms with Crippen LogP contribution in [0, 0.1) is 6.92 Å². The van der Waals surface area contributed by atoms with Crippen molar-refractivity contribution in [3.05, 3.63) is 59.9 Å². The minimum Gasteiger partial charge on any atom is -0.342 e. The number of aromatic amines is 1. The number of hydrogen-bond acceptors (Lipinski definition) is 2. The molecule has 1 saturated heterocycles. The molecule has 2 heterocycles. The predicted octanol–water partition coefficient (Wildman–Crippen LogP) is 3.39. The molecule has 1 aliphatic rings. The standard InChI is InChI=1S/C18H17N3O/c1-12-7-8-15-16(9-12)20-18(19-15)13-10-17(22)21(11-13)14-5-3-2-4-6-14/h2-9,13H,10-11H2,1H3,(H,19,20). The Kier molecular flexibility index (Phi) is 2.96. The highest BCUT2D eigenvalue weighted by molar-refractivity contribution is 5.96. The van der Waals surface area contributed by atoms with Crippen molar-refractivity contribution in [3.63, 3.8) is 0 Å². The Balaban J connectivity index is 1.64. The summed E-state index contributed by atoms with van der Waals surface area (Å²) in [5.74, 6) is 1.20. The molecule has 1 unspecified atom stereocenters. The number of rotatable bonds is 2. The molecule has 3 aromatic rings. The van der Waals surface area contributed by atoms with E-state index in [9.17, 15) is 4.79 Å². The van der Waals surface area contributed by atoms with Crippen LogP contribution >= 0.6 is 0 Å². The first kappa shape index (κ1) is 13.1. The van der Waals surface area contributed by atoms with E-state index in [4.69, 9.17) is 0 Å². The first-order valence-corrected chi connectivity index (χ1v) is 7.52. The third kappa shape index (κ3) is 2.17. The Hall–Kier alpha value is -2.62. The quantitative estimate of drug-likeness (QED) is 0.786. The molecule has 4 rings (SSSR count). The van der Waals surface area contributed by atoms with E-state index in [0.717, 1.165) is 22.5 Å². The largest absolute Gasteiger partial charge is 0.342 e. The lowest BCUT2D eigenvalue weighted by molar-refractivity contribution is -0.117. The van der Waals surface area contributed by atoms with Gasteiger partial charge in [-0.1, -0.05) is 24.3 Å². The molecule has 1 N–H and O–H groups in total. The van der Waals surface area contributed by atoms with E-state index in [0.29, 0.717) is 13.0 Å². The maximum atomic E-state index is 12.3. The number of carbonyl (C=O) groups excluding carboxylic acids is 1. The van der Waals surface area contributed by atoms with Gasteiger partial charge in [-0.05, 0) is 36.8 Å². The Morgan fingerprint density at radius 2 is 2.00 bits per heavy atom. The number of aryl methyl sites for hydroxylation is 1. The molecule has 0 radical (unpaired) electrons. The average Bonchev–Trinajstić information content (AvgIpc) is 3.11. The normalized spacial score (nSPS) is 18.3. The third-order valence-corrected chi connectivity index (χ3v) is 4.24. The van der Waals surface area contributed by atoms with Gasteiger partial charge in [-0.25, -0.2) is 4.98 Å². The topological polar surface area (TPSA) is 49.0 Å². The lowest BCUT2D eigenvalue weighted by Gasteiger charge is -2.15. The van der Waals surface area contributed by atoms with Gasteiger partial charge in [0.05, 0.1) is 11.0 Å². The zero-order chi connectivity index (χ0) is 15.1. The van der Waals surface area contributed by atoms with Crippen molar-refractivity contribution in [1.29, 1.82) is 0 Å². The van der Waals surface area contributed by atoms with Gasteiger partial charge < -0.3 is 9.88 Å². The van der Waals surface area contributed by atoms with Crippen LogP contribution < -0.4 is 4.90 Å². The van der Waals surface area contributed by atoms with E-state index in [1.165, 1.54) is 5.56 Å². The summed E-state index contributed by atoms with van der Waals surface area (Å²) in [6.45, 7) is 2.75. The van der Waals surface area contributed by atoms with Gasteiger partial charge in [-0.15, -0.1) is 0 Å². The SMILES string of the molecule is Cc1ccc2nc(C3CC(=O)N(c4ccccc4)C3)[nH]c2c1. The molecule has 1 aromatic heterocycles. The fourth-order valence-corrected chi connectivity index (χ4v) is 3.08. The van der Waals surface area contributed by atoms with Crippen LogP contribution in [-0.4, -0.2) is 22.4 Å². The molecule has 0 saturated carbocycles. The van der Waals surface area contributed by atoms with Gasteiger partial charge >= 0.3 is 0 Å². The molecule has 0 spiro atoms. The molecule has 1 amide bonds. The molecule has 0 aliphatic carbocycles. The van der Waals surface area contributed by atoms with Crippen LogP contribution in [-0.2, 0) is 4.79 Å². The monoisotopic (exact) mass is 291 g/mol. The Morgan fingerprint density at radius 3 is 2.82 bits per heavy atom. The first-order chi connectivity index (χ1) is 10.7. The van der Waals surface area contributed by atoms with Gasteiger partial charge in [0.15, 0.2) is 0 Å². The highest BCUT2D eigenvalue weighted by Gasteiger charge is 2.33. The lowest BCUT2D eigenvalue weighted by Crippen LogP contribution is -2.24. The fraction of sp³-hybridized carbons (Fsp3) is 0.222.